The molecule has 0 amide bonds. The van der Waals surface area contributed by atoms with Gasteiger partial charge in [0.05, 0.1) is 11.1 Å². The highest BCUT2D eigenvalue weighted by atomic mass is 16.4. The monoisotopic (exact) mass is 270 g/mol. The minimum absolute atomic E-state index is 0.326. The van der Waals surface area contributed by atoms with Crippen molar-refractivity contribution in [2.45, 2.75) is 25.7 Å². The zero-order valence-electron chi connectivity index (χ0n) is 11.4. The molecule has 0 bridgehead atoms. The van der Waals surface area contributed by atoms with Crippen molar-refractivity contribution in [2.24, 2.45) is 0 Å². The summed E-state index contributed by atoms with van der Waals surface area (Å²) >= 11 is 0. The average Bonchev–Trinajstić information content (AvgIpc) is 2.75. The molecule has 4 nitrogen and oxygen atoms in total. The summed E-state index contributed by atoms with van der Waals surface area (Å²) in [6, 6.07) is 7.50. The molecule has 1 fully saturated rings. The molecule has 1 aliphatic heterocycles. The van der Waals surface area contributed by atoms with Crippen molar-refractivity contribution in [1.29, 1.82) is 0 Å². The van der Waals surface area contributed by atoms with Crippen molar-refractivity contribution in [2.75, 3.05) is 18.0 Å². The summed E-state index contributed by atoms with van der Waals surface area (Å²) in [4.78, 5) is 17.9. The standard InChI is InChI=1S/C16H18N2O2/c19-16(20)13-7-8-17-15-6-5-12(11-14(13)15)18-9-3-1-2-4-10-18/h5-8,11H,1-4,9-10H2,(H,19,20). The normalized spacial score (nSPS) is 16.1. The highest BCUT2D eigenvalue weighted by Gasteiger charge is 2.13. The summed E-state index contributed by atoms with van der Waals surface area (Å²) < 4.78 is 0. The van der Waals surface area contributed by atoms with Crippen LogP contribution < -0.4 is 4.90 Å². The number of benzene rings is 1. The van der Waals surface area contributed by atoms with Crippen LogP contribution in [0.25, 0.3) is 10.9 Å². The summed E-state index contributed by atoms with van der Waals surface area (Å²) in [6.45, 7) is 2.10. The van der Waals surface area contributed by atoms with Crippen molar-refractivity contribution < 1.29 is 9.90 Å². The molecule has 0 radical (unpaired) electrons. The first kappa shape index (κ1) is 12.9. The Bertz CT molecular complexity index is 631. The highest BCUT2D eigenvalue weighted by molar-refractivity contribution is 6.03. The van der Waals surface area contributed by atoms with Crippen LogP contribution in [-0.4, -0.2) is 29.1 Å². The minimum Gasteiger partial charge on any atom is -0.478 e. The number of rotatable bonds is 2. The summed E-state index contributed by atoms with van der Waals surface area (Å²) in [5, 5.41) is 10.0. The third-order valence-electron chi connectivity index (χ3n) is 3.93. The number of nitrogens with zero attached hydrogens (tertiary/aromatic N) is 2. The number of hydrogen-bond acceptors (Lipinski definition) is 3. The molecule has 0 aliphatic carbocycles. The smallest absolute Gasteiger partial charge is 0.336 e. The molecule has 20 heavy (non-hydrogen) atoms. The van der Waals surface area contributed by atoms with Crippen LogP contribution in [0, 0.1) is 0 Å². The lowest BCUT2D eigenvalue weighted by molar-refractivity contribution is 0.0699. The van der Waals surface area contributed by atoms with Gasteiger partial charge in [0.15, 0.2) is 0 Å². The fourth-order valence-electron chi connectivity index (χ4n) is 2.85. The number of anilines is 1. The number of aromatic nitrogens is 1. The maximum atomic E-state index is 11.3. The van der Waals surface area contributed by atoms with Crippen molar-refractivity contribution >= 4 is 22.6 Å². The average molecular weight is 270 g/mol. The lowest BCUT2D eigenvalue weighted by Crippen LogP contribution is -2.23. The number of aromatic carboxylic acids is 1. The first-order valence-corrected chi connectivity index (χ1v) is 7.13. The van der Waals surface area contributed by atoms with Gasteiger partial charge in [0.25, 0.3) is 0 Å². The number of carbonyl (C=O) groups is 1. The summed E-state index contributed by atoms with van der Waals surface area (Å²) in [6.07, 6.45) is 6.53. The highest BCUT2D eigenvalue weighted by Crippen LogP contribution is 2.25. The third kappa shape index (κ3) is 2.46. The molecule has 0 atom stereocenters. The fourth-order valence-corrected chi connectivity index (χ4v) is 2.85. The Labute approximate surface area is 118 Å². The Balaban J connectivity index is 2.04. The molecule has 3 rings (SSSR count). The molecule has 0 unspecified atom stereocenters. The van der Waals surface area contributed by atoms with E-state index >= 15 is 0 Å². The van der Waals surface area contributed by atoms with Crippen LogP contribution in [0.15, 0.2) is 30.5 Å². The van der Waals surface area contributed by atoms with E-state index in [4.69, 9.17) is 0 Å². The Morgan fingerprint density at radius 1 is 1.10 bits per heavy atom. The third-order valence-corrected chi connectivity index (χ3v) is 3.93. The molecular weight excluding hydrogens is 252 g/mol. The number of pyridine rings is 1. The van der Waals surface area contributed by atoms with E-state index in [1.807, 2.05) is 18.2 Å². The molecule has 1 saturated heterocycles. The first-order valence-electron chi connectivity index (χ1n) is 7.13. The Kier molecular flexibility index (Phi) is 3.54. The van der Waals surface area contributed by atoms with E-state index in [-0.39, 0.29) is 0 Å². The van der Waals surface area contributed by atoms with Crippen LogP contribution >= 0.6 is 0 Å². The van der Waals surface area contributed by atoms with Crippen LogP contribution in [0.3, 0.4) is 0 Å². The van der Waals surface area contributed by atoms with Gasteiger partial charge in [-0.1, -0.05) is 12.8 Å². The maximum Gasteiger partial charge on any atom is 0.336 e. The van der Waals surface area contributed by atoms with Crippen LogP contribution in [0.5, 0.6) is 0 Å². The number of fused-ring (bicyclic) bond motifs is 1. The molecule has 2 heterocycles. The van der Waals surface area contributed by atoms with E-state index in [1.165, 1.54) is 25.7 Å². The van der Waals surface area contributed by atoms with Gasteiger partial charge in [-0.2, -0.15) is 0 Å². The van der Waals surface area contributed by atoms with E-state index in [0.29, 0.717) is 5.56 Å². The van der Waals surface area contributed by atoms with Gasteiger partial charge >= 0.3 is 5.97 Å². The van der Waals surface area contributed by atoms with Gasteiger partial charge in [-0.3, -0.25) is 4.98 Å². The van der Waals surface area contributed by atoms with Crippen LogP contribution in [0.4, 0.5) is 5.69 Å². The SMILES string of the molecule is O=C(O)c1ccnc2ccc(N3CCCCCC3)cc12. The Morgan fingerprint density at radius 3 is 2.55 bits per heavy atom. The first-order chi connectivity index (χ1) is 9.75. The zero-order valence-corrected chi connectivity index (χ0v) is 11.4. The van der Waals surface area contributed by atoms with Gasteiger partial charge in [-0.15, -0.1) is 0 Å². The fraction of sp³-hybridized carbons (Fsp3) is 0.375. The molecule has 4 heteroatoms. The molecule has 104 valence electrons. The predicted molar refractivity (Wildman–Crippen MR) is 79.4 cm³/mol. The predicted octanol–water partition coefficient (Wildman–Crippen LogP) is 3.31. The van der Waals surface area contributed by atoms with Gasteiger partial charge in [-0.25, -0.2) is 4.79 Å². The molecule has 1 N–H and O–H groups in total. The number of hydrogen-bond donors (Lipinski definition) is 1. The quantitative estimate of drug-likeness (QED) is 0.909. The van der Waals surface area contributed by atoms with Crippen LogP contribution in [-0.2, 0) is 0 Å². The van der Waals surface area contributed by atoms with Crippen molar-refractivity contribution in [1.82, 2.24) is 4.98 Å². The van der Waals surface area contributed by atoms with Crippen molar-refractivity contribution in [3.8, 4) is 0 Å². The van der Waals surface area contributed by atoms with Crippen LogP contribution in [0.1, 0.15) is 36.0 Å². The second-order valence-electron chi connectivity index (χ2n) is 5.27. The molecule has 1 aromatic heterocycles. The van der Waals surface area contributed by atoms with E-state index in [1.54, 1.807) is 12.3 Å². The van der Waals surface area contributed by atoms with E-state index < -0.39 is 5.97 Å². The zero-order chi connectivity index (χ0) is 13.9. The van der Waals surface area contributed by atoms with Gasteiger partial charge in [-0.05, 0) is 37.1 Å². The van der Waals surface area contributed by atoms with Gasteiger partial charge < -0.3 is 10.0 Å². The molecule has 1 aliphatic rings. The molecular formula is C16H18N2O2. The second kappa shape index (κ2) is 5.49. The number of carboxylic acids is 1. The molecule has 2 aromatic rings. The number of carboxylic acid groups (broad SMARTS) is 1. The maximum absolute atomic E-state index is 11.3. The minimum atomic E-state index is -0.898. The second-order valence-corrected chi connectivity index (χ2v) is 5.27. The molecule has 1 aromatic carbocycles. The van der Waals surface area contributed by atoms with E-state index in [9.17, 15) is 9.90 Å². The topological polar surface area (TPSA) is 53.4 Å². The summed E-state index contributed by atoms with van der Waals surface area (Å²) in [7, 11) is 0. The van der Waals surface area contributed by atoms with Crippen LogP contribution in [0.2, 0.25) is 0 Å². The van der Waals surface area contributed by atoms with Gasteiger partial charge in [0.2, 0.25) is 0 Å². The van der Waals surface area contributed by atoms with Gasteiger partial charge in [0, 0.05) is 30.4 Å². The lowest BCUT2D eigenvalue weighted by Gasteiger charge is -2.23. The summed E-state index contributed by atoms with van der Waals surface area (Å²) in [5.41, 5.74) is 2.17. The molecule has 0 spiro atoms. The Morgan fingerprint density at radius 2 is 1.85 bits per heavy atom. The van der Waals surface area contributed by atoms with Gasteiger partial charge in [0.1, 0.15) is 0 Å². The lowest BCUT2D eigenvalue weighted by atomic mass is 10.1. The largest absolute Gasteiger partial charge is 0.478 e. The Hall–Kier alpha value is -2.10. The van der Waals surface area contributed by atoms with E-state index in [0.717, 1.165) is 29.7 Å². The van der Waals surface area contributed by atoms with Crippen molar-refractivity contribution in [3.63, 3.8) is 0 Å². The van der Waals surface area contributed by atoms with Crippen molar-refractivity contribution in [3.05, 3.63) is 36.0 Å². The summed E-state index contributed by atoms with van der Waals surface area (Å²) in [5.74, 6) is -0.898. The molecule has 0 saturated carbocycles. The van der Waals surface area contributed by atoms with E-state index in [2.05, 4.69) is 9.88 Å².